The van der Waals surface area contributed by atoms with Gasteiger partial charge in [-0.15, -0.1) is 9.59 Å². The number of nitrogens with zero attached hydrogens (tertiary/aromatic N) is 12. The lowest BCUT2D eigenvalue weighted by Crippen LogP contribution is -2.45. The maximum atomic E-state index is 14.8. The van der Waals surface area contributed by atoms with Gasteiger partial charge in [0.25, 0.3) is 11.1 Å². The molecule has 2 amide bonds. The SMILES string of the molecule is COc1ccc(F)cc1[C@H](Cn1c(=O)n([C@@H]2CCN(C)C2=O)c(=O)c2c(C)c(-n3nccn3)sc21)OC1CC(O)C1.COc1ccc(F)cc1[C@H](Cn1c(=O)n([C@@H]2CCN(C)C2=O)c(=O)c2c(C)c(-n3nccn3)sc21)OC1CC(OCc2ccccc2)C1. The topological polar surface area (TPSA) is 256 Å². The van der Waals surface area contributed by atoms with Crippen molar-refractivity contribution in [2.75, 3.05) is 41.4 Å². The van der Waals surface area contributed by atoms with E-state index in [1.165, 1.54) is 127 Å². The van der Waals surface area contributed by atoms with E-state index in [0.717, 1.165) is 14.7 Å². The summed E-state index contributed by atoms with van der Waals surface area (Å²) in [6, 6.07) is 16.2. The highest BCUT2D eigenvalue weighted by atomic mass is 32.1. The average Bonchev–Trinajstić information content (AvgIpc) is 1.65. The molecule has 4 atom stereocenters. The van der Waals surface area contributed by atoms with Crippen LogP contribution in [-0.2, 0) is 43.5 Å². The number of thiophene rings is 2. The molecule has 9 aromatic rings. The minimum absolute atomic E-state index is 0.0176. The van der Waals surface area contributed by atoms with E-state index in [-0.39, 0.29) is 54.0 Å². The summed E-state index contributed by atoms with van der Waals surface area (Å²) in [4.78, 5) is 89.3. The molecule has 89 heavy (non-hydrogen) atoms. The number of rotatable bonds is 19. The molecule has 4 fully saturated rings. The molecule has 3 aromatic carbocycles. The van der Waals surface area contributed by atoms with Gasteiger partial charge in [0.15, 0.2) is 0 Å². The molecule has 13 rings (SSSR count). The van der Waals surface area contributed by atoms with Crippen molar-refractivity contribution in [3.05, 3.63) is 173 Å². The van der Waals surface area contributed by atoms with Gasteiger partial charge in [-0.05, 0) is 81.5 Å². The molecule has 2 aliphatic heterocycles. The van der Waals surface area contributed by atoms with E-state index in [2.05, 4.69) is 20.4 Å². The standard InChI is InChI=1S/C34H35FN6O6S.C27H29FN6O6S/c1-20-29-31(43)40(26-11-14-38(2)30(26)42)34(44)39(33(29)48-32(20)41-36-12-13-37-41)18-28(25-15-22(35)9-10-27(25)45-3)47-24-16-23(17-24)46-19-21-7-5-4-6-8-21;1-14-22-24(37)33(19-6-9-31(2)23(19)36)27(38)32(26(22)41-25(14)34-29-7-8-30-34)13-21(40-17-11-16(35)12-17)18-10-15(28)4-5-20(18)39-3/h4-10,12-13,15,23-24,26,28H,11,14,16-19H2,1-3H3;4-5,7-8,10,16-17,19,21,35H,6,9,11-13H2,1-3H3/t23?,24?,26-,28+;16?,17?,19-,21+/m11/s1. The van der Waals surface area contributed by atoms with Crippen molar-refractivity contribution in [1.29, 1.82) is 0 Å². The Kier molecular flexibility index (Phi) is 17.2. The third kappa shape index (κ3) is 11.6. The fourth-order valence-electron chi connectivity index (χ4n) is 12.0. The van der Waals surface area contributed by atoms with E-state index in [1.54, 1.807) is 27.9 Å². The summed E-state index contributed by atoms with van der Waals surface area (Å²) < 4.78 is 64.4. The number of benzene rings is 3. The molecule has 24 nitrogen and oxygen atoms in total. The number of ether oxygens (including phenoxy) is 5. The van der Waals surface area contributed by atoms with Crippen LogP contribution < -0.4 is 32.0 Å². The summed E-state index contributed by atoms with van der Waals surface area (Å²) in [5.41, 5.74) is 0.583. The zero-order valence-corrected chi connectivity index (χ0v) is 51.1. The van der Waals surface area contributed by atoms with E-state index in [1.807, 2.05) is 30.3 Å². The van der Waals surface area contributed by atoms with Crippen molar-refractivity contribution in [3.63, 3.8) is 0 Å². The van der Waals surface area contributed by atoms with E-state index >= 15 is 0 Å². The Hall–Kier alpha value is -8.54. The van der Waals surface area contributed by atoms with Crippen LogP contribution in [0.1, 0.15) is 90.6 Å². The second-order valence-electron chi connectivity index (χ2n) is 22.6. The van der Waals surface area contributed by atoms with Gasteiger partial charge in [-0.2, -0.15) is 20.4 Å². The van der Waals surface area contributed by atoms with Gasteiger partial charge >= 0.3 is 11.4 Å². The second-order valence-corrected chi connectivity index (χ2v) is 24.6. The monoisotopic (exact) mass is 1260 g/mol. The number of aryl methyl sites for hydroxylation is 2. The molecular formula is C61H64F2N12O12S2. The summed E-state index contributed by atoms with van der Waals surface area (Å²) in [5, 5.41) is 28.5. The highest BCUT2D eigenvalue weighted by Crippen LogP contribution is 2.40. The number of amides is 2. The second kappa shape index (κ2) is 25.2. The molecule has 0 unspecified atom stereocenters. The Balaban J connectivity index is 0.000000175. The number of carbonyl (C=O) groups is 2. The Morgan fingerprint density at radius 3 is 1.42 bits per heavy atom. The molecule has 0 radical (unpaired) electrons. The third-order valence-corrected chi connectivity index (χ3v) is 19.6. The number of halogens is 2. The normalized spacial score (nSPS) is 20.6. The van der Waals surface area contributed by atoms with Crippen LogP contribution in [0.3, 0.4) is 0 Å². The van der Waals surface area contributed by atoms with Gasteiger partial charge in [-0.25, -0.2) is 27.5 Å². The number of carbonyl (C=O) groups excluding carboxylic acids is 2. The number of aliphatic hydroxyl groups is 1. The Bertz CT molecular complexity index is 4360. The van der Waals surface area contributed by atoms with Crippen LogP contribution in [0.2, 0.25) is 0 Å². The summed E-state index contributed by atoms with van der Waals surface area (Å²) in [5.74, 6) is -0.864. The number of aliphatic hydroxyl groups excluding tert-OH is 1. The number of likely N-dealkylation sites (tertiary alicyclic amines) is 2. The van der Waals surface area contributed by atoms with Crippen LogP contribution in [0.15, 0.2) is 111 Å². The van der Waals surface area contributed by atoms with E-state index in [9.17, 15) is 42.7 Å². The van der Waals surface area contributed by atoms with Crippen LogP contribution >= 0.6 is 22.7 Å². The number of hydrogen-bond acceptors (Lipinski definition) is 18. The molecule has 0 bridgehead atoms. The smallest absolute Gasteiger partial charge is 0.332 e. The Morgan fingerprint density at radius 2 is 1.02 bits per heavy atom. The van der Waals surface area contributed by atoms with E-state index in [4.69, 9.17) is 23.7 Å². The number of likely N-dealkylation sites (N-methyl/N-ethyl adjacent to an activating group) is 2. The number of hydrogen-bond donors (Lipinski definition) is 1. The first-order valence-corrected chi connectivity index (χ1v) is 30.7. The highest BCUT2D eigenvalue weighted by molar-refractivity contribution is 7.21. The fraction of sp³-hybridized carbons (Fsp3) is 0.410. The van der Waals surface area contributed by atoms with Crippen LogP contribution in [-0.4, -0.2) is 141 Å². The fourth-order valence-corrected chi connectivity index (χ4v) is 14.5. The van der Waals surface area contributed by atoms with E-state index in [0.29, 0.717) is 112 Å². The van der Waals surface area contributed by atoms with Gasteiger partial charge in [-0.3, -0.25) is 28.3 Å². The maximum absolute atomic E-state index is 14.8. The molecule has 466 valence electrons. The number of methoxy groups -OCH3 is 2. The predicted octanol–water partition coefficient (Wildman–Crippen LogP) is 6.12. The molecule has 1 N–H and O–H groups in total. The number of fused-ring (bicyclic) bond motifs is 2. The summed E-state index contributed by atoms with van der Waals surface area (Å²) in [7, 11) is 6.23. The molecule has 2 aliphatic carbocycles. The Labute approximate surface area is 514 Å². The van der Waals surface area contributed by atoms with Gasteiger partial charge < -0.3 is 38.6 Å². The molecule has 0 spiro atoms. The first-order valence-electron chi connectivity index (χ1n) is 29.0. The summed E-state index contributed by atoms with van der Waals surface area (Å²) >= 11 is 2.36. The largest absolute Gasteiger partial charge is 0.496 e. The van der Waals surface area contributed by atoms with Gasteiger partial charge in [0.1, 0.15) is 67.1 Å². The zero-order valence-electron chi connectivity index (χ0n) is 49.4. The molecule has 2 saturated heterocycles. The lowest BCUT2D eigenvalue weighted by molar-refractivity contribution is -0.134. The van der Waals surface area contributed by atoms with E-state index < -0.39 is 64.5 Å². The van der Waals surface area contributed by atoms with Gasteiger partial charge in [0.2, 0.25) is 11.8 Å². The Morgan fingerprint density at radius 1 is 0.596 bits per heavy atom. The first kappa shape index (κ1) is 60.7. The maximum Gasteiger partial charge on any atom is 0.332 e. The lowest BCUT2D eigenvalue weighted by atomic mass is 9.91. The van der Waals surface area contributed by atoms with Crippen molar-refractivity contribution >= 4 is 54.9 Å². The van der Waals surface area contributed by atoms with Crippen molar-refractivity contribution < 1.29 is 47.2 Å². The van der Waals surface area contributed by atoms with Crippen LogP contribution in [0.4, 0.5) is 8.78 Å². The van der Waals surface area contributed by atoms with Gasteiger partial charge in [0, 0.05) is 62.3 Å². The minimum atomic E-state index is -0.953. The molecule has 28 heteroatoms. The quantitative estimate of drug-likeness (QED) is 0.0957. The minimum Gasteiger partial charge on any atom is -0.496 e. The molecule has 6 aromatic heterocycles. The first-order chi connectivity index (χ1) is 42.9. The van der Waals surface area contributed by atoms with Crippen molar-refractivity contribution in [2.45, 2.75) is 121 Å². The molecule has 2 saturated carbocycles. The molecule has 8 heterocycles. The third-order valence-electron chi connectivity index (χ3n) is 17.0. The van der Waals surface area contributed by atoms with Gasteiger partial charge in [-0.1, -0.05) is 53.0 Å². The van der Waals surface area contributed by atoms with Gasteiger partial charge in [0.05, 0.1) is 93.9 Å². The molecular weight excluding hydrogens is 1190 g/mol. The predicted molar refractivity (Wildman–Crippen MR) is 323 cm³/mol. The average molecular weight is 1260 g/mol. The number of aromatic nitrogens is 10. The zero-order chi connectivity index (χ0) is 62.5. The highest BCUT2D eigenvalue weighted by Gasteiger charge is 2.40. The summed E-state index contributed by atoms with van der Waals surface area (Å²) in [6.07, 6.45) is 5.92. The van der Waals surface area contributed by atoms with Crippen LogP contribution in [0.5, 0.6) is 11.5 Å². The van der Waals surface area contributed by atoms with Crippen LogP contribution in [0.25, 0.3) is 30.4 Å². The van der Waals surface area contributed by atoms with Crippen molar-refractivity contribution in [1.82, 2.24) is 58.1 Å². The lowest BCUT2D eigenvalue weighted by Gasteiger charge is -2.37. The summed E-state index contributed by atoms with van der Waals surface area (Å²) in [6.45, 7) is 4.65. The molecule has 4 aliphatic rings. The van der Waals surface area contributed by atoms with Crippen molar-refractivity contribution in [2.24, 2.45) is 0 Å². The van der Waals surface area contributed by atoms with Crippen molar-refractivity contribution in [3.8, 4) is 21.5 Å². The van der Waals surface area contributed by atoms with Crippen LogP contribution in [0, 0.1) is 25.5 Å².